The molecule has 0 bridgehead atoms. The maximum absolute atomic E-state index is 4.51. The lowest BCUT2D eigenvalue weighted by Gasteiger charge is -2.23. The molecule has 2 nitrogen and oxygen atoms in total. The van der Waals surface area contributed by atoms with E-state index in [1.165, 1.54) is 70.9 Å². The van der Waals surface area contributed by atoms with Crippen molar-refractivity contribution in [3.8, 4) is 0 Å². The number of rotatable bonds is 8. The van der Waals surface area contributed by atoms with E-state index in [1.807, 2.05) is 0 Å². The summed E-state index contributed by atoms with van der Waals surface area (Å²) in [6, 6.07) is 0. The number of unbranched alkanes of at least 4 members (excludes halogenated alkanes) is 5. The third-order valence-corrected chi connectivity index (χ3v) is 3.28. The Hall–Kier alpha value is -0.530. The summed E-state index contributed by atoms with van der Waals surface area (Å²) in [5.41, 5.74) is 0. The van der Waals surface area contributed by atoms with Crippen molar-refractivity contribution >= 4 is 6.34 Å². The first kappa shape index (κ1) is 13.5. The van der Waals surface area contributed by atoms with Crippen molar-refractivity contribution in [2.75, 3.05) is 19.6 Å². The lowest BCUT2D eigenvalue weighted by atomic mass is 10.1. The van der Waals surface area contributed by atoms with E-state index in [9.17, 15) is 0 Å². The normalized spacial score (nSPS) is 17.2. The monoisotopic (exact) mass is 224 g/mol. The van der Waals surface area contributed by atoms with Gasteiger partial charge in [0.15, 0.2) is 0 Å². The number of hydrogen-bond acceptors (Lipinski definition) is 1. The van der Waals surface area contributed by atoms with Gasteiger partial charge in [-0.3, -0.25) is 4.99 Å². The highest BCUT2D eigenvalue weighted by molar-refractivity contribution is 5.54. The van der Waals surface area contributed by atoms with Gasteiger partial charge in [0.2, 0.25) is 0 Å². The third kappa shape index (κ3) is 6.86. The second-order valence-electron chi connectivity index (χ2n) is 4.89. The molecule has 0 spiro atoms. The molecule has 0 aromatic carbocycles. The summed E-state index contributed by atoms with van der Waals surface area (Å²) in [5, 5.41) is 0. The number of nitrogens with zero attached hydrogens (tertiary/aromatic N) is 2. The van der Waals surface area contributed by atoms with Gasteiger partial charge >= 0.3 is 0 Å². The van der Waals surface area contributed by atoms with Crippen LogP contribution in [-0.4, -0.2) is 30.9 Å². The van der Waals surface area contributed by atoms with E-state index >= 15 is 0 Å². The first-order valence-corrected chi connectivity index (χ1v) is 7.17. The molecule has 1 aliphatic rings. The highest BCUT2D eigenvalue weighted by atomic mass is 15.1. The van der Waals surface area contributed by atoms with Gasteiger partial charge in [-0.15, -0.1) is 0 Å². The van der Waals surface area contributed by atoms with Crippen LogP contribution < -0.4 is 0 Å². The van der Waals surface area contributed by atoms with Crippen LogP contribution in [0.4, 0.5) is 0 Å². The summed E-state index contributed by atoms with van der Waals surface area (Å²) in [6.07, 6.45) is 14.4. The molecular weight excluding hydrogens is 196 g/mol. The topological polar surface area (TPSA) is 15.6 Å². The van der Waals surface area contributed by atoms with Crippen LogP contribution in [0.15, 0.2) is 4.99 Å². The van der Waals surface area contributed by atoms with Gasteiger partial charge in [-0.1, -0.05) is 39.0 Å². The van der Waals surface area contributed by atoms with Crippen LogP contribution in [0, 0.1) is 0 Å². The fraction of sp³-hybridized carbons (Fsp3) is 0.929. The Morgan fingerprint density at radius 2 is 1.62 bits per heavy atom. The molecule has 94 valence electrons. The van der Waals surface area contributed by atoms with Gasteiger partial charge in [0.1, 0.15) is 0 Å². The Kier molecular flexibility index (Phi) is 8.19. The summed E-state index contributed by atoms with van der Waals surface area (Å²) in [7, 11) is 0. The van der Waals surface area contributed by atoms with Crippen molar-refractivity contribution in [2.45, 2.75) is 64.7 Å². The fourth-order valence-corrected chi connectivity index (χ4v) is 2.19. The molecule has 0 aromatic rings. The van der Waals surface area contributed by atoms with Gasteiger partial charge in [0.25, 0.3) is 0 Å². The van der Waals surface area contributed by atoms with Gasteiger partial charge < -0.3 is 4.90 Å². The van der Waals surface area contributed by atoms with Crippen molar-refractivity contribution < 1.29 is 0 Å². The first-order chi connectivity index (χ1) is 7.93. The minimum atomic E-state index is 1.03. The van der Waals surface area contributed by atoms with Crippen LogP contribution in [0.5, 0.6) is 0 Å². The second kappa shape index (κ2) is 9.68. The smallest absolute Gasteiger partial charge is 0.0849 e. The van der Waals surface area contributed by atoms with E-state index in [0.717, 1.165) is 6.54 Å². The van der Waals surface area contributed by atoms with Crippen molar-refractivity contribution in [2.24, 2.45) is 4.99 Å². The Labute approximate surface area is 101 Å². The standard InChI is InChI=1S/C14H28N2/c1-2-3-4-5-6-8-11-15-14-16-12-9-7-10-13-16/h14H,2-13H2,1H3. The molecule has 1 rings (SSSR count). The largest absolute Gasteiger partial charge is 0.363 e. The Bertz CT molecular complexity index is 172. The summed E-state index contributed by atoms with van der Waals surface area (Å²) in [4.78, 5) is 6.89. The van der Waals surface area contributed by atoms with Gasteiger partial charge in [-0.05, 0) is 25.7 Å². The van der Waals surface area contributed by atoms with E-state index < -0.39 is 0 Å². The summed E-state index contributed by atoms with van der Waals surface area (Å²) < 4.78 is 0. The van der Waals surface area contributed by atoms with E-state index in [-0.39, 0.29) is 0 Å². The highest BCUT2D eigenvalue weighted by Crippen LogP contribution is 2.07. The van der Waals surface area contributed by atoms with Gasteiger partial charge in [-0.25, -0.2) is 0 Å². The van der Waals surface area contributed by atoms with Gasteiger partial charge in [0.05, 0.1) is 6.34 Å². The van der Waals surface area contributed by atoms with Crippen LogP contribution in [0.3, 0.4) is 0 Å². The molecule has 1 heterocycles. The molecule has 0 aliphatic carbocycles. The molecule has 0 amide bonds. The van der Waals surface area contributed by atoms with Gasteiger partial charge in [-0.2, -0.15) is 0 Å². The fourth-order valence-electron chi connectivity index (χ4n) is 2.19. The summed E-state index contributed by atoms with van der Waals surface area (Å²) in [5.74, 6) is 0. The second-order valence-corrected chi connectivity index (χ2v) is 4.89. The van der Waals surface area contributed by atoms with Crippen molar-refractivity contribution in [3.63, 3.8) is 0 Å². The van der Waals surface area contributed by atoms with Crippen molar-refractivity contribution in [3.05, 3.63) is 0 Å². The van der Waals surface area contributed by atoms with E-state index in [4.69, 9.17) is 0 Å². The van der Waals surface area contributed by atoms with Crippen LogP contribution in [0.25, 0.3) is 0 Å². The first-order valence-electron chi connectivity index (χ1n) is 7.17. The Balaban J connectivity index is 1.87. The molecule has 1 saturated heterocycles. The lowest BCUT2D eigenvalue weighted by molar-refractivity contribution is 0.350. The molecule has 0 aromatic heterocycles. The zero-order valence-electron chi connectivity index (χ0n) is 11.0. The molecule has 0 N–H and O–H groups in total. The average Bonchev–Trinajstić information content (AvgIpc) is 2.34. The van der Waals surface area contributed by atoms with Crippen molar-refractivity contribution in [1.29, 1.82) is 0 Å². The van der Waals surface area contributed by atoms with Crippen molar-refractivity contribution in [1.82, 2.24) is 4.90 Å². The number of likely N-dealkylation sites (tertiary alicyclic amines) is 1. The molecule has 0 radical (unpaired) electrons. The molecule has 0 atom stereocenters. The summed E-state index contributed by atoms with van der Waals surface area (Å²) >= 11 is 0. The zero-order valence-corrected chi connectivity index (χ0v) is 11.0. The van der Waals surface area contributed by atoms with E-state index in [0.29, 0.717) is 0 Å². The predicted octanol–water partition coefficient (Wildman–Crippen LogP) is 3.86. The lowest BCUT2D eigenvalue weighted by Crippen LogP contribution is -2.28. The number of piperidine rings is 1. The third-order valence-electron chi connectivity index (χ3n) is 3.28. The number of hydrogen-bond donors (Lipinski definition) is 0. The highest BCUT2D eigenvalue weighted by Gasteiger charge is 2.04. The zero-order chi connectivity index (χ0) is 11.5. The van der Waals surface area contributed by atoms with Crippen LogP contribution in [-0.2, 0) is 0 Å². The van der Waals surface area contributed by atoms with E-state index in [2.05, 4.69) is 23.2 Å². The molecule has 1 fully saturated rings. The number of aliphatic imine (C=N–C) groups is 1. The minimum Gasteiger partial charge on any atom is -0.363 e. The van der Waals surface area contributed by atoms with E-state index in [1.54, 1.807) is 0 Å². The maximum atomic E-state index is 4.51. The SMILES string of the molecule is CCCCCCCCN=CN1CCCCC1. The Morgan fingerprint density at radius 1 is 0.938 bits per heavy atom. The summed E-state index contributed by atoms with van der Waals surface area (Å²) in [6.45, 7) is 5.74. The molecule has 0 saturated carbocycles. The maximum Gasteiger partial charge on any atom is 0.0849 e. The molecular formula is C14H28N2. The average molecular weight is 224 g/mol. The molecule has 1 aliphatic heterocycles. The van der Waals surface area contributed by atoms with Crippen LogP contribution in [0.1, 0.15) is 64.7 Å². The quantitative estimate of drug-likeness (QED) is 0.347. The molecule has 0 unspecified atom stereocenters. The minimum absolute atomic E-state index is 1.03. The molecule has 16 heavy (non-hydrogen) atoms. The molecule has 2 heteroatoms. The predicted molar refractivity (Wildman–Crippen MR) is 72.2 cm³/mol. The van der Waals surface area contributed by atoms with Gasteiger partial charge in [0, 0.05) is 19.6 Å². The van der Waals surface area contributed by atoms with Crippen LogP contribution >= 0.6 is 0 Å². The van der Waals surface area contributed by atoms with Crippen LogP contribution in [0.2, 0.25) is 0 Å². The Morgan fingerprint density at radius 3 is 2.38 bits per heavy atom.